The van der Waals surface area contributed by atoms with Crippen molar-refractivity contribution >= 4 is 21.4 Å². The molecule has 1 atom stereocenters. The first-order chi connectivity index (χ1) is 9.70. The summed E-state index contributed by atoms with van der Waals surface area (Å²) >= 11 is 1.61. The Morgan fingerprint density at radius 1 is 1.05 bits per heavy atom. The predicted octanol–water partition coefficient (Wildman–Crippen LogP) is 4.49. The molecule has 3 rings (SSSR count). The Labute approximate surface area is 119 Å². The van der Waals surface area contributed by atoms with Crippen LogP contribution in [0.1, 0.15) is 17.2 Å². The van der Waals surface area contributed by atoms with Crippen molar-refractivity contribution in [3.63, 3.8) is 0 Å². The molecular formula is C16H13F2NS. The molecule has 3 aromatic rings. The predicted molar refractivity (Wildman–Crippen MR) is 79.1 cm³/mol. The summed E-state index contributed by atoms with van der Waals surface area (Å²) in [5.41, 5.74) is 1.30. The molecular weight excluding hydrogens is 276 g/mol. The Morgan fingerprint density at radius 3 is 2.65 bits per heavy atom. The molecule has 0 fully saturated rings. The lowest BCUT2D eigenvalue weighted by Gasteiger charge is -2.17. The smallest absolute Gasteiger partial charge is 0.128 e. The molecule has 0 amide bonds. The number of rotatable bonds is 3. The second-order valence-corrected chi connectivity index (χ2v) is 5.49. The highest BCUT2D eigenvalue weighted by atomic mass is 32.1. The van der Waals surface area contributed by atoms with Crippen LogP contribution in [0.5, 0.6) is 0 Å². The second-order valence-electron chi connectivity index (χ2n) is 4.57. The third-order valence-corrected chi connectivity index (χ3v) is 4.36. The van der Waals surface area contributed by atoms with Gasteiger partial charge in [-0.2, -0.15) is 0 Å². The molecule has 0 saturated carbocycles. The van der Waals surface area contributed by atoms with Gasteiger partial charge in [0.1, 0.15) is 11.6 Å². The minimum atomic E-state index is -0.429. The van der Waals surface area contributed by atoms with E-state index in [0.717, 1.165) is 21.7 Å². The average Bonchev–Trinajstić information content (AvgIpc) is 2.88. The Bertz CT molecular complexity index is 751. The summed E-state index contributed by atoms with van der Waals surface area (Å²) in [6, 6.07) is 11.2. The maximum Gasteiger partial charge on any atom is 0.128 e. The monoisotopic (exact) mass is 289 g/mol. The zero-order valence-electron chi connectivity index (χ0n) is 10.9. The van der Waals surface area contributed by atoms with Crippen molar-refractivity contribution in [2.24, 2.45) is 0 Å². The van der Waals surface area contributed by atoms with E-state index >= 15 is 0 Å². The molecule has 20 heavy (non-hydrogen) atoms. The van der Waals surface area contributed by atoms with Gasteiger partial charge in [0, 0.05) is 10.3 Å². The summed E-state index contributed by atoms with van der Waals surface area (Å²) in [6.07, 6.45) is 0. The van der Waals surface area contributed by atoms with Crippen molar-refractivity contribution in [3.8, 4) is 0 Å². The van der Waals surface area contributed by atoms with Crippen LogP contribution in [0.15, 0.2) is 47.8 Å². The second kappa shape index (κ2) is 5.31. The topological polar surface area (TPSA) is 12.0 Å². The van der Waals surface area contributed by atoms with E-state index < -0.39 is 11.6 Å². The van der Waals surface area contributed by atoms with Gasteiger partial charge in [0.25, 0.3) is 0 Å². The molecule has 1 heterocycles. The molecule has 1 aromatic heterocycles. The summed E-state index contributed by atoms with van der Waals surface area (Å²) in [4.78, 5) is 0. The van der Waals surface area contributed by atoms with Crippen LogP contribution in [-0.2, 0) is 0 Å². The lowest BCUT2D eigenvalue weighted by Crippen LogP contribution is -2.18. The Balaban J connectivity index is 2.16. The average molecular weight is 289 g/mol. The largest absolute Gasteiger partial charge is 0.309 e. The summed E-state index contributed by atoms with van der Waals surface area (Å²) in [5, 5.41) is 6.15. The molecule has 1 unspecified atom stereocenters. The van der Waals surface area contributed by atoms with Crippen LogP contribution < -0.4 is 5.32 Å². The standard InChI is InChI=1S/C16H13F2NS/c1-19-16(12-8-10(17)6-7-14(12)18)13-9-20-15-5-3-2-4-11(13)15/h2-9,16,19H,1H3. The molecule has 0 spiro atoms. The zero-order valence-corrected chi connectivity index (χ0v) is 11.7. The summed E-state index contributed by atoms with van der Waals surface area (Å²) in [6.45, 7) is 0. The number of hydrogen-bond acceptors (Lipinski definition) is 2. The number of benzene rings is 2. The van der Waals surface area contributed by atoms with Crippen LogP contribution >= 0.6 is 11.3 Å². The van der Waals surface area contributed by atoms with Crippen LogP contribution in [-0.4, -0.2) is 7.05 Å². The van der Waals surface area contributed by atoms with Gasteiger partial charge in [-0.1, -0.05) is 18.2 Å². The van der Waals surface area contributed by atoms with Gasteiger partial charge < -0.3 is 5.32 Å². The van der Waals surface area contributed by atoms with Gasteiger partial charge in [-0.3, -0.25) is 0 Å². The quantitative estimate of drug-likeness (QED) is 0.749. The van der Waals surface area contributed by atoms with Gasteiger partial charge in [-0.15, -0.1) is 11.3 Å². The summed E-state index contributed by atoms with van der Waals surface area (Å²) in [7, 11) is 1.75. The van der Waals surface area contributed by atoms with E-state index in [1.807, 2.05) is 29.6 Å². The van der Waals surface area contributed by atoms with E-state index in [4.69, 9.17) is 0 Å². The Hall–Kier alpha value is -1.78. The molecule has 0 aliphatic carbocycles. The van der Waals surface area contributed by atoms with Gasteiger partial charge in [0.2, 0.25) is 0 Å². The van der Waals surface area contributed by atoms with E-state index in [0.29, 0.717) is 5.56 Å². The third-order valence-electron chi connectivity index (χ3n) is 3.38. The number of thiophene rings is 1. The SMILES string of the molecule is CNC(c1cc(F)ccc1F)c1csc2ccccc12. The van der Waals surface area contributed by atoms with Crippen LogP contribution in [0.2, 0.25) is 0 Å². The van der Waals surface area contributed by atoms with E-state index in [1.54, 1.807) is 18.4 Å². The normalized spacial score (nSPS) is 12.8. The highest BCUT2D eigenvalue weighted by Gasteiger charge is 2.20. The molecule has 2 aromatic carbocycles. The van der Waals surface area contributed by atoms with E-state index in [9.17, 15) is 8.78 Å². The highest BCUT2D eigenvalue weighted by Crippen LogP contribution is 2.34. The molecule has 102 valence electrons. The zero-order chi connectivity index (χ0) is 14.1. The first-order valence-corrected chi connectivity index (χ1v) is 7.17. The molecule has 0 aliphatic rings. The number of nitrogens with one attached hydrogen (secondary N) is 1. The maximum absolute atomic E-state index is 14.0. The molecule has 0 saturated heterocycles. The van der Waals surface area contributed by atoms with Gasteiger partial charge in [0.15, 0.2) is 0 Å². The molecule has 0 aliphatic heterocycles. The van der Waals surface area contributed by atoms with Crippen molar-refractivity contribution in [2.45, 2.75) is 6.04 Å². The number of fused-ring (bicyclic) bond motifs is 1. The van der Waals surface area contributed by atoms with Gasteiger partial charge in [0.05, 0.1) is 6.04 Å². The summed E-state index contributed by atoms with van der Waals surface area (Å²) < 4.78 is 28.5. The number of halogens is 2. The van der Waals surface area contributed by atoms with E-state index in [-0.39, 0.29) is 6.04 Å². The van der Waals surface area contributed by atoms with Crippen LogP contribution in [0.4, 0.5) is 8.78 Å². The molecule has 1 nitrogen and oxygen atoms in total. The van der Waals surface area contributed by atoms with Crippen LogP contribution in [0.3, 0.4) is 0 Å². The molecule has 4 heteroatoms. The van der Waals surface area contributed by atoms with Crippen LogP contribution in [0, 0.1) is 11.6 Å². The van der Waals surface area contributed by atoms with Gasteiger partial charge in [-0.25, -0.2) is 8.78 Å². The fourth-order valence-electron chi connectivity index (χ4n) is 2.44. The Morgan fingerprint density at radius 2 is 1.85 bits per heavy atom. The van der Waals surface area contributed by atoms with Gasteiger partial charge in [-0.05, 0) is 47.6 Å². The molecule has 0 radical (unpaired) electrons. The number of hydrogen-bond donors (Lipinski definition) is 1. The van der Waals surface area contributed by atoms with Crippen molar-refractivity contribution in [1.82, 2.24) is 5.32 Å². The first-order valence-electron chi connectivity index (χ1n) is 6.29. The lowest BCUT2D eigenvalue weighted by atomic mass is 9.98. The fraction of sp³-hybridized carbons (Fsp3) is 0.125. The Kier molecular flexibility index (Phi) is 3.51. The maximum atomic E-state index is 14.0. The van der Waals surface area contributed by atoms with E-state index in [1.165, 1.54) is 12.1 Å². The highest BCUT2D eigenvalue weighted by molar-refractivity contribution is 7.17. The summed E-state index contributed by atoms with van der Waals surface area (Å²) in [5.74, 6) is -0.831. The minimum absolute atomic E-state index is 0.330. The fourth-order valence-corrected chi connectivity index (χ4v) is 3.42. The van der Waals surface area contributed by atoms with Crippen molar-refractivity contribution in [1.29, 1.82) is 0 Å². The first kappa shape index (κ1) is 13.2. The van der Waals surface area contributed by atoms with Crippen molar-refractivity contribution in [3.05, 3.63) is 70.6 Å². The van der Waals surface area contributed by atoms with Crippen molar-refractivity contribution < 1.29 is 8.78 Å². The van der Waals surface area contributed by atoms with Crippen LogP contribution in [0.25, 0.3) is 10.1 Å². The van der Waals surface area contributed by atoms with E-state index in [2.05, 4.69) is 5.32 Å². The lowest BCUT2D eigenvalue weighted by molar-refractivity contribution is 0.559. The minimum Gasteiger partial charge on any atom is -0.309 e. The molecule has 0 bridgehead atoms. The third kappa shape index (κ3) is 2.21. The van der Waals surface area contributed by atoms with Gasteiger partial charge >= 0.3 is 0 Å². The van der Waals surface area contributed by atoms with Crippen molar-refractivity contribution in [2.75, 3.05) is 7.05 Å². The molecule has 1 N–H and O–H groups in total.